The van der Waals surface area contributed by atoms with Crippen LogP contribution in [0.3, 0.4) is 0 Å². The second-order valence-electron chi connectivity index (χ2n) is 4.73. The van der Waals surface area contributed by atoms with E-state index in [1.807, 2.05) is 23.7 Å². The number of piperazine rings is 1. The van der Waals surface area contributed by atoms with E-state index >= 15 is 0 Å². The van der Waals surface area contributed by atoms with E-state index in [1.54, 1.807) is 6.07 Å². The lowest BCUT2D eigenvalue weighted by Gasteiger charge is -2.29. The van der Waals surface area contributed by atoms with Crippen molar-refractivity contribution in [3.8, 4) is 0 Å². The molecule has 2 N–H and O–H groups in total. The average Bonchev–Trinajstić information content (AvgIpc) is 2.96. The molecular formula is C14H16BrClN4OS. The number of nitrogens with one attached hydrogen (secondary N) is 2. The van der Waals surface area contributed by atoms with Crippen molar-refractivity contribution in [1.82, 2.24) is 10.3 Å². The van der Waals surface area contributed by atoms with Gasteiger partial charge in [-0.3, -0.25) is 4.79 Å². The Hall–Kier alpha value is -1.15. The van der Waals surface area contributed by atoms with Gasteiger partial charge in [0.05, 0.1) is 21.2 Å². The zero-order valence-corrected chi connectivity index (χ0v) is 14.9. The molecule has 2 aromatic rings. The lowest BCUT2D eigenvalue weighted by Crippen LogP contribution is -2.43. The second-order valence-corrected chi connectivity index (χ2v) is 7.02. The number of carbonyl (C=O) groups is 1. The molecule has 0 atom stereocenters. The van der Waals surface area contributed by atoms with Crippen molar-refractivity contribution in [2.45, 2.75) is 0 Å². The maximum Gasteiger partial charge on any atom is 0.257 e. The van der Waals surface area contributed by atoms with Crippen LogP contribution in [0.2, 0.25) is 0 Å². The van der Waals surface area contributed by atoms with Gasteiger partial charge in [0.15, 0.2) is 0 Å². The molecule has 1 fully saturated rings. The number of hydrogen-bond donors (Lipinski definition) is 2. The number of amides is 1. The number of carbonyl (C=O) groups excluding carboxylic acids is 1. The lowest BCUT2D eigenvalue weighted by atomic mass is 10.3. The van der Waals surface area contributed by atoms with Crippen LogP contribution in [0, 0.1) is 0 Å². The maximum atomic E-state index is 12.0. The number of nitrogens with zero attached hydrogens (tertiary/aromatic N) is 2. The Morgan fingerprint density at radius 2 is 2.14 bits per heavy atom. The van der Waals surface area contributed by atoms with Crippen molar-refractivity contribution in [2.75, 3.05) is 36.4 Å². The van der Waals surface area contributed by atoms with Crippen LogP contribution < -0.4 is 15.5 Å². The number of aromatic nitrogens is 1. The summed E-state index contributed by atoms with van der Waals surface area (Å²) in [5.74, 6) is 0.431. The molecule has 3 rings (SSSR count). The Morgan fingerprint density at radius 3 is 2.73 bits per heavy atom. The predicted octanol–water partition coefficient (Wildman–Crippen LogP) is 2.99. The third kappa shape index (κ3) is 4.19. The number of hydrogen-bond acceptors (Lipinski definition) is 5. The lowest BCUT2D eigenvalue weighted by molar-refractivity contribution is 0.102. The molecule has 22 heavy (non-hydrogen) atoms. The molecule has 2 aromatic heterocycles. The van der Waals surface area contributed by atoms with E-state index < -0.39 is 0 Å². The predicted molar refractivity (Wildman–Crippen MR) is 96.5 cm³/mol. The fraction of sp³-hybridized carbons (Fsp3) is 0.286. The molecule has 0 aliphatic carbocycles. The van der Waals surface area contributed by atoms with Crippen LogP contribution in [-0.2, 0) is 0 Å². The molecule has 118 valence electrons. The highest BCUT2D eigenvalue weighted by molar-refractivity contribution is 9.11. The minimum atomic E-state index is -0.139. The Morgan fingerprint density at radius 1 is 1.36 bits per heavy atom. The first-order chi connectivity index (χ1) is 10.2. The third-order valence-electron chi connectivity index (χ3n) is 3.30. The van der Waals surface area contributed by atoms with Gasteiger partial charge in [0.2, 0.25) is 0 Å². The minimum Gasteiger partial charge on any atom is -0.368 e. The average molecular weight is 404 g/mol. The van der Waals surface area contributed by atoms with Crippen molar-refractivity contribution in [3.05, 3.63) is 39.1 Å². The van der Waals surface area contributed by atoms with Gasteiger partial charge in [-0.05, 0) is 34.1 Å². The van der Waals surface area contributed by atoms with E-state index in [0.29, 0.717) is 11.4 Å². The number of pyridine rings is 1. The van der Waals surface area contributed by atoms with Gasteiger partial charge in [0.1, 0.15) is 5.82 Å². The Bertz CT molecular complexity index is 628. The summed E-state index contributed by atoms with van der Waals surface area (Å²) in [6, 6.07) is 5.64. The number of thiophene rings is 1. The third-order valence-corrected chi connectivity index (χ3v) is 4.81. The van der Waals surface area contributed by atoms with Crippen molar-refractivity contribution in [1.29, 1.82) is 0 Å². The number of rotatable bonds is 3. The highest BCUT2D eigenvalue weighted by Gasteiger charge is 2.12. The van der Waals surface area contributed by atoms with E-state index in [4.69, 9.17) is 0 Å². The van der Waals surface area contributed by atoms with Crippen LogP contribution >= 0.6 is 39.7 Å². The van der Waals surface area contributed by atoms with Gasteiger partial charge in [-0.25, -0.2) is 4.98 Å². The van der Waals surface area contributed by atoms with E-state index in [9.17, 15) is 4.79 Å². The maximum absolute atomic E-state index is 12.0. The smallest absolute Gasteiger partial charge is 0.257 e. The zero-order chi connectivity index (χ0) is 14.7. The summed E-state index contributed by atoms with van der Waals surface area (Å²) in [4.78, 5) is 18.6. The molecule has 5 nitrogen and oxygen atoms in total. The summed E-state index contributed by atoms with van der Waals surface area (Å²) in [6.07, 6.45) is 1.81. The van der Waals surface area contributed by atoms with Crippen LogP contribution in [0.5, 0.6) is 0 Å². The molecule has 0 spiro atoms. The molecule has 0 bridgehead atoms. The molecule has 8 heteroatoms. The molecule has 0 aromatic carbocycles. The SMILES string of the molecule is Cl.O=C(Nc1ccc(N2CCNCC2)cn1)c1csc(Br)c1. The Balaban J connectivity index is 0.00000176. The molecule has 1 amide bonds. The Labute approximate surface area is 147 Å². The molecule has 1 saturated heterocycles. The van der Waals surface area contributed by atoms with Gasteiger partial charge in [0, 0.05) is 31.6 Å². The van der Waals surface area contributed by atoms with Gasteiger partial charge in [-0.1, -0.05) is 0 Å². The normalized spacial score (nSPS) is 14.3. The van der Waals surface area contributed by atoms with Crippen molar-refractivity contribution >= 4 is 57.1 Å². The van der Waals surface area contributed by atoms with Crippen LogP contribution in [-0.4, -0.2) is 37.1 Å². The van der Waals surface area contributed by atoms with Crippen molar-refractivity contribution in [3.63, 3.8) is 0 Å². The van der Waals surface area contributed by atoms with Crippen LogP contribution in [0.4, 0.5) is 11.5 Å². The second kappa shape index (κ2) is 7.92. The topological polar surface area (TPSA) is 57.3 Å². The molecule has 0 unspecified atom stereocenters. The van der Waals surface area contributed by atoms with Gasteiger partial charge >= 0.3 is 0 Å². The van der Waals surface area contributed by atoms with Gasteiger partial charge < -0.3 is 15.5 Å². The summed E-state index contributed by atoms with van der Waals surface area (Å²) < 4.78 is 0.940. The highest BCUT2D eigenvalue weighted by atomic mass is 79.9. The molecule has 3 heterocycles. The van der Waals surface area contributed by atoms with E-state index in [1.165, 1.54) is 11.3 Å². The molecule has 0 saturated carbocycles. The van der Waals surface area contributed by atoms with Gasteiger partial charge in [-0.2, -0.15) is 0 Å². The van der Waals surface area contributed by atoms with E-state index in [-0.39, 0.29) is 18.3 Å². The number of halogens is 2. The minimum absolute atomic E-state index is 0. The van der Waals surface area contributed by atoms with Gasteiger partial charge in [0.25, 0.3) is 5.91 Å². The molecule has 1 aliphatic heterocycles. The largest absolute Gasteiger partial charge is 0.368 e. The van der Waals surface area contributed by atoms with Crippen molar-refractivity contribution in [2.24, 2.45) is 0 Å². The summed E-state index contributed by atoms with van der Waals surface area (Å²) in [5, 5.41) is 7.94. The summed E-state index contributed by atoms with van der Waals surface area (Å²) in [7, 11) is 0. The molecular weight excluding hydrogens is 388 g/mol. The zero-order valence-electron chi connectivity index (χ0n) is 11.7. The first-order valence-corrected chi connectivity index (χ1v) is 8.37. The monoisotopic (exact) mass is 402 g/mol. The molecule has 1 aliphatic rings. The number of anilines is 2. The summed E-state index contributed by atoms with van der Waals surface area (Å²) in [6.45, 7) is 3.95. The fourth-order valence-corrected chi connectivity index (χ4v) is 3.32. The van der Waals surface area contributed by atoms with E-state index in [0.717, 1.165) is 35.7 Å². The van der Waals surface area contributed by atoms with E-state index in [2.05, 4.69) is 36.4 Å². The van der Waals surface area contributed by atoms with Crippen molar-refractivity contribution < 1.29 is 4.79 Å². The van der Waals surface area contributed by atoms with Gasteiger partial charge in [-0.15, -0.1) is 23.7 Å². The fourth-order valence-electron chi connectivity index (χ4n) is 2.19. The summed E-state index contributed by atoms with van der Waals surface area (Å²) >= 11 is 4.84. The first kappa shape index (κ1) is 17.2. The first-order valence-electron chi connectivity index (χ1n) is 6.69. The molecule has 0 radical (unpaired) electrons. The van der Waals surface area contributed by atoms with Crippen LogP contribution in [0.1, 0.15) is 10.4 Å². The highest BCUT2D eigenvalue weighted by Crippen LogP contribution is 2.22. The van der Waals surface area contributed by atoms with Crippen LogP contribution in [0.15, 0.2) is 33.6 Å². The standard InChI is InChI=1S/C14H15BrN4OS.ClH/c15-12-7-10(9-21-12)14(20)18-13-2-1-11(8-17-13)19-5-3-16-4-6-19;/h1-2,7-9,16H,3-6H2,(H,17,18,20);1H. The quantitative estimate of drug-likeness (QED) is 0.827. The Kier molecular flexibility index (Phi) is 6.19. The van der Waals surface area contributed by atoms with Crippen LogP contribution in [0.25, 0.3) is 0 Å². The summed E-state index contributed by atoms with van der Waals surface area (Å²) in [5.41, 5.74) is 1.73.